The number of ether oxygens (including phenoxy) is 2. The zero-order chi connectivity index (χ0) is 16.7. The fourth-order valence-electron chi connectivity index (χ4n) is 2.33. The molecule has 0 aliphatic carbocycles. The van der Waals surface area contributed by atoms with Crippen LogP contribution in [-0.2, 0) is 13.0 Å². The third kappa shape index (κ3) is 4.43. The van der Waals surface area contributed by atoms with Gasteiger partial charge in [-0.1, -0.05) is 18.2 Å². The molecule has 0 unspecified atom stereocenters. The van der Waals surface area contributed by atoms with E-state index in [0.717, 1.165) is 35.6 Å². The van der Waals surface area contributed by atoms with Gasteiger partial charge in [-0.3, -0.25) is 10.1 Å². The molecule has 2 rings (SSSR count). The van der Waals surface area contributed by atoms with E-state index in [2.05, 4.69) is 5.32 Å². The largest absolute Gasteiger partial charge is 0.496 e. The van der Waals surface area contributed by atoms with Crippen molar-refractivity contribution in [3.8, 4) is 11.5 Å². The Hall–Kier alpha value is -2.60. The lowest BCUT2D eigenvalue weighted by Crippen LogP contribution is -2.17. The fraction of sp³-hybridized carbons (Fsp3) is 0.294. The van der Waals surface area contributed by atoms with Gasteiger partial charge in [0.05, 0.1) is 19.1 Å². The number of methoxy groups -OCH3 is 2. The summed E-state index contributed by atoms with van der Waals surface area (Å²) in [5.41, 5.74) is 2.14. The van der Waals surface area contributed by atoms with E-state index in [-0.39, 0.29) is 5.69 Å². The minimum absolute atomic E-state index is 0.112. The van der Waals surface area contributed by atoms with Crippen molar-refractivity contribution in [1.29, 1.82) is 0 Å². The van der Waals surface area contributed by atoms with Gasteiger partial charge < -0.3 is 14.8 Å². The number of hydrogen-bond acceptors (Lipinski definition) is 5. The monoisotopic (exact) mass is 316 g/mol. The minimum Gasteiger partial charge on any atom is -0.496 e. The highest BCUT2D eigenvalue weighted by atomic mass is 16.6. The first-order valence-corrected chi connectivity index (χ1v) is 7.29. The number of nitrogens with one attached hydrogen (secondary N) is 1. The third-order valence-electron chi connectivity index (χ3n) is 3.57. The first kappa shape index (κ1) is 16.8. The van der Waals surface area contributed by atoms with Gasteiger partial charge in [0.2, 0.25) is 0 Å². The van der Waals surface area contributed by atoms with Gasteiger partial charge in [-0.25, -0.2) is 0 Å². The van der Waals surface area contributed by atoms with Crippen molar-refractivity contribution < 1.29 is 14.4 Å². The zero-order valence-corrected chi connectivity index (χ0v) is 13.2. The van der Waals surface area contributed by atoms with Gasteiger partial charge in [-0.15, -0.1) is 0 Å². The standard InChI is InChI=1S/C17H20N2O4/c1-22-16-4-3-5-17(23-2)15(16)12-18-11-10-13-6-8-14(9-7-13)19(20)21/h3-9,18H,10-12H2,1-2H3. The molecule has 1 N–H and O–H groups in total. The van der Waals surface area contributed by atoms with Crippen LogP contribution in [0.15, 0.2) is 42.5 Å². The minimum atomic E-state index is -0.393. The number of benzene rings is 2. The molecule has 0 aromatic heterocycles. The molecule has 23 heavy (non-hydrogen) atoms. The average molecular weight is 316 g/mol. The van der Waals surface area contributed by atoms with E-state index in [4.69, 9.17) is 9.47 Å². The molecule has 6 heteroatoms. The lowest BCUT2D eigenvalue weighted by atomic mass is 10.1. The van der Waals surface area contributed by atoms with E-state index >= 15 is 0 Å². The second kappa shape index (κ2) is 8.14. The number of nitro benzene ring substituents is 1. The Morgan fingerprint density at radius 3 is 2.17 bits per heavy atom. The average Bonchev–Trinajstić information content (AvgIpc) is 2.58. The molecular formula is C17H20N2O4. The summed E-state index contributed by atoms with van der Waals surface area (Å²) in [6.07, 6.45) is 0.787. The smallest absolute Gasteiger partial charge is 0.269 e. The van der Waals surface area contributed by atoms with E-state index < -0.39 is 4.92 Å². The van der Waals surface area contributed by atoms with Crippen LogP contribution in [-0.4, -0.2) is 25.7 Å². The summed E-state index contributed by atoms with van der Waals surface area (Å²) in [6, 6.07) is 12.3. The number of non-ortho nitro benzene ring substituents is 1. The van der Waals surface area contributed by atoms with E-state index in [1.54, 1.807) is 26.4 Å². The predicted molar refractivity (Wildman–Crippen MR) is 88.1 cm³/mol. The van der Waals surface area contributed by atoms with Crippen LogP contribution in [0.3, 0.4) is 0 Å². The number of hydrogen-bond donors (Lipinski definition) is 1. The number of nitro groups is 1. The molecule has 0 aliphatic rings. The Balaban J connectivity index is 1.89. The predicted octanol–water partition coefficient (Wildman–Crippen LogP) is 2.94. The highest BCUT2D eigenvalue weighted by Crippen LogP contribution is 2.27. The van der Waals surface area contributed by atoms with E-state index in [9.17, 15) is 10.1 Å². The van der Waals surface area contributed by atoms with Gasteiger partial charge in [0.15, 0.2) is 0 Å². The lowest BCUT2D eigenvalue weighted by molar-refractivity contribution is -0.384. The maximum atomic E-state index is 10.6. The molecule has 2 aromatic rings. The van der Waals surface area contributed by atoms with Crippen LogP contribution in [0.2, 0.25) is 0 Å². The molecule has 0 atom stereocenters. The molecule has 6 nitrogen and oxygen atoms in total. The molecule has 0 bridgehead atoms. The highest BCUT2D eigenvalue weighted by Gasteiger charge is 2.09. The van der Waals surface area contributed by atoms with Crippen LogP contribution in [0, 0.1) is 10.1 Å². The molecule has 0 heterocycles. The lowest BCUT2D eigenvalue weighted by Gasteiger charge is -2.13. The quantitative estimate of drug-likeness (QED) is 0.460. The molecule has 0 aliphatic heterocycles. The summed E-state index contributed by atoms with van der Waals surface area (Å²) in [5.74, 6) is 1.57. The molecule has 0 fully saturated rings. The van der Waals surface area contributed by atoms with Crippen molar-refractivity contribution in [3.63, 3.8) is 0 Å². The second-order valence-corrected chi connectivity index (χ2v) is 4.99. The van der Waals surface area contributed by atoms with Crippen LogP contribution in [0.5, 0.6) is 11.5 Å². The van der Waals surface area contributed by atoms with Crippen LogP contribution >= 0.6 is 0 Å². The van der Waals surface area contributed by atoms with Crippen molar-refractivity contribution >= 4 is 5.69 Å². The summed E-state index contributed by atoms with van der Waals surface area (Å²) in [5, 5.41) is 14.0. The van der Waals surface area contributed by atoms with Crippen LogP contribution in [0.4, 0.5) is 5.69 Å². The fourth-order valence-corrected chi connectivity index (χ4v) is 2.33. The normalized spacial score (nSPS) is 10.3. The van der Waals surface area contributed by atoms with Gasteiger partial charge >= 0.3 is 0 Å². The van der Waals surface area contributed by atoms with Crippen molar-refractivity contribution in [2.75, 3.05) is 20.8 Å². The molecule has 0 saturated carbocycles. The van der Waals surface area contributed by atoms with Gasteiger partial charge in [0, 0.05) is 24.2 Å². The number of nitrogens with zero attached hydrogens (tertiary/aromatic N) is 1. The Morgan fingerprint density at radius 2 is 1.65 bits per heavy atom. The highest BCUT2D eigenvalue weighted by molar-refractivity contribution is 5.44. The summed E-state index contributed by atoms with van der Waals surface area (Å²) in [6.45, 7) is 1.37. The first-order chi connectivity index (χ1) is 11.2. The van der Waals surface area contributed by atoms with Crippen molar-refractivity contribution in [2.24, 2.45) is 0 Å². The molecule has 2 aromatic carbocycles. The number of rotatable bonds is 8. The molecule has 0 spiro atoms. The second-order valence-electron chi connectivity index (χ2n) is 4.99. The summed E-state index contributed by atoms with van der Waals surface area (Å²) >= 11 is 0. The molecule has 122 valence electrons. The maximum absolute atomic E-state index is 10.6. The third-order valence-corrected chi connectivity index (χ3v) is 3.57. The molecular weight excluding hydrogens is 296 g/mol. The van der Waals surface area contributed by atoms with Gasteiger partial charge in [0.25, 0.3) is 5.69 Å². The Labute approximate surface area is 135 Å². The Kier molecular flexibility index (Phi) is 5.94. The SMILES string of the molecule is COc1cccc(OC)c1CNCCc1ccc([N+](=O)[O-])cc1. The van der Waals surface area contributed by atoms with Crippen LogP contribution in [0.25, 0.3) is 0 Å². The van der Waals surface area contributed by atoms with Crippen LogP contribution < -0.4 is 14.8 Å². The molecule has 0 radical (unpaired) electrons. The van der Waals surface area contributed by atoms with Gasteiger partial charge in [0.1, 0.15) is 11.5 Å². The Bertz CT molecular complexity index is 634. The summed E-state index contributed by atoms with van der Waals surface area (Å²) in [7, 11) is 3.27. The van der Waals surface area contributed by atoms with E-state index in [0.29, 0.717) is 6.54 Å². The molecule has 0 amide bonds. The van der Waals surface area contributed by atoms with Crippen molar-refractivity contribution in [1.82, 2.24) is 5.32 Å². The van der Waals surface area contributed by atoms with E-state index in [1.165, 1.54) is 12.1 Å². The van der Waals surface area contributed by atoms with Crippen molar-refractivity contribution in [2.45, 2.75) is 13.0 Å². The van der Waals surface area contributed by atoms with Crippen LogP contribution in [0.1, 0.15) is 11.1 Å². The topological polar surface area (TPSA) is 73.6 Å². The van der Waals surface area contributed by atoms with Gasteiger partial charge in [-0.2, -0.15) is 0 Å². The van der Waals surface area contributed by atoms with Gasteiger partial charge in [-0.05, 0) is 30.7 Å². The zero-order valence-electron chi connectivity index (χ0n) is 13.2. The first-order valence-electron chi connectivity index (χ1n) is 7.29. The molecule has 0 saturated heterocycles. The van der Waals surface area contributed by atoms with E-state index in [1.807, 2.05) is 18.2 Å². The summed E-state index contributed by atoms with van der Waals surface area (Å²) < 4.78 is 10.7. The van der Waals surface area contributed by atoms with Crippen molar-refractivity contribution in [3.05, 3.63) is 63.7 Å². The maximum Gasteiger partial charge on any atom is 0.269 e. The Morgan fingerprint density at radius 1 is 1.04 bits per heavy atom. The summed E-state index contributed by atoms with van der Waals surface area (Å²) in [4.78, 5) is 10.2.